The third kappa shape index (κ3) is 2.79. The Morgan fingerprint density at radius 1 is 1.53 bits per heavy atom. The van der Waals surface area contributed by atoms with Crippen molar-refractivity contribution in [3.63, 3.8) is 0 Å². The van der Waals surface area contributed by atoms with Gasteiger partial charge in [-0.1, -0.05) is 6.92 Å². The van der Waals surface area contributed by atoms with Crippen LogP contribution in [0.2, 0.25) is 0 Å². The van der Waals surface area contributed by atoms with E-state index in [-0.39, 0.29) is 6.10 Å². The fourth-order valence-corrected chi connectivity index (χ4v) is 2.67. The van der Waals surface area contributed by atoms with E-state index in [9.17, 15) is 5.26 Å². The highest BCUT2D eigenvalue weighted by molar-refractivity contribution is 5.15. The fraction of sp³-hybridized carbons (Fsp3) is 0.923. The van der Waals surface area contributed by atoms with Crippen molar-refractivity contribution >= 4 is 0 Å². The second kappa shape index (κ2) is 4.93. The van der Waals surface area contributed by atoms with Gasteiger partial charge in [-0.15, -0.1) is 0 Å². The van der Waals surface area contributed by atoms with E-state index >= 15 is 0 Å². The first kappa shape index (κ1) is 12.8. The summed E-state index contributed by atoms with van der Waals surface area (Å²) in [6.07, 6.45) is 3.53. The maximum Gasteiger partial charge on any atom is 0.119 e. The van der Waals surface area contributed by atoms with E-state index in [4.69, 9.17) is 10.5 Å². The van der Waals surface area contributed by atoms with E-state index in [1.165, 1.54) is 0 Å². The molecule has 0 radical (unpaired) electrons. The smallest absolute Gasteiger partial charge is 0.119 e. The molecule has 4 heteroatoms. The number of morpholine rings is 1. The molecule has 2 aliphatic rings. The molecule has 1 heterocycles. The maximum atomic E-state index is 9.32. The van der Waals surface area contributed by atoms with Gasteiger partial charge in [0.05, 0.1) is 18.8 Å². The molecule has 2 N–H and O–H groups in total. The predicted octanol–water partition coefficient (Wildman–Crippen LogP) is 1.12. The summed E-state index contributed by atoms with van der Waals surface area (Å²) >= 11 is 0. The zero-order valence-corrected chi connectivity index (χ0v) is 10.9. The van der Waals surface area contributed by atoms with Crippen LogP contribution >= 0.6 is 0 Å². The van der Waals surface area contributed by atoms with Crippen molar-refractivity contribution in [3.05, 3.63) is 0 Å². The van der Waals surface area contributed by atoms with E-state index in [1.807, 2.05) is 0 Å². The van der Waals surface area contributed by atoms with Crippen LogP contribution in [-0.2, 0) is 4.74 Å². The van der Waals surface area contributed by atoms with Gasteiger partial charge in [-0.05, 0) is 32.1 Å². The second-order valence-corrected chi connectivity index (χ2v) is 5.56. The van der Waals surface area contributed by atoms with Gasteiger partial charge >= 0.3 is 0 Å². The lowest BCUT2D eigenvalue weighted by molar-refractivity contribution is -0.0608. The number of rotatable bonds is 4. The monoisotopic (exact) mass is 237 g/mol. The highest BCUT2D eigenvalue weighted by Crippen LogP contribution is 2.38. The molecule has 0 aromatic rings. The molecule has 1 aliphatic heterocycles. The van der Waals surface area contributed by atoms with Crippen molar-refractivity contribution in [1.82, 2.24) is 4.90 Å². The lowest BCUT2D eigenvalue weighted by Crippen LogP contribution is -2.58. The first-order valence-corrected chi connectivity index (χ1v) is 6.65. The highest BCUT2D eigenvalue weighted by Gasteiger charge is 2.45. The molecule has 17 heavy (non-hydrogen) atoms. The lowest BCUT2D eigenvalue weighted by Gasteiger charge is -2.41. The first-order valence-electron chi connectivity index (χ1n) is 6.65. The molecular weight excluding hydrogens is 214 g/mol. The summed E-state index contributed by atoms with van der Waals surface area (Å²) in [6.45, 7) is 6.61. The van der Waals surface area contributed by atoms with Crippen LogP contribution in [0.1, 0.15) is 33.1 Å². The minimum Gasteiger partial charge on any atom is -0.376 e. The maximum absolute atomic E-state index is 9.32. The molecule has 1 saturated heterocycles. The quantitative estimate of drug-likeness (QED) is 0.796. The largest absolute Gasteiger partial charge is 0.376 e. The minimum absolute atomic E-state index is 0.250. The van der Waals surface area contributed by atoms with E-state index in [0.717, 1.165) is 32.4 Å². The summed E-state index contributed by atoms with van der Waals surface area (Å²) < 4.78 is 5.67. The van der Waals surface area contributed by atoms with Gasteiger partial charge in [0.2, 0.25) is 0 Å². The molecule has 0 aromatic carbocycles. The van der Waals surface area contributed by atoms with E-state index < -0.39 is 5.54 Å². The van der Waals surface area contributed by atoms with E-state index in [1.54, 1.807) is 0 Å². The van der Waals surface area contributed by atoms with Crippen molar-refractivity contribution < 1.29 is 4.74 Å². The number of nitrogens with two attached hydrogens (primary N) is 1. The average molecular weight is 237 g/mol. The number of nitriles is 1. The van der Waals surface area contributed by atoms with Gasteiger partial charge in [0.15, 0.2) is 0 Å². The fourth-order valence-electron chi connectivity index (χ4n) is 2.67. The van der Waals surface area contributed by atoms with Gasteiger partial charge in [-0.3, -0.25) is 4.90 Å². The molecule has 2 rings (SSSR count). The van der Waals surface area contributed by atoms with Crippen LogP contribution in [0.4, 0.5) is 0 Å². The van der Waals surface area contributed by atoms with Crippen LogP contribution in [0.3, 0.4) is 0 Å². The molecule has 0 amide bonds. The minimum atomic E-state index is -0.648. The Hall–Kier alpha value is -0.630. The number of hydrogen-bond acceptors (Lipinski definition) is 4. The molecule has 3 atom stereocenters. The third-order valence-electron chi connectivity index (χ3n) is 4.03. The molecular formula is C13H23N3O. The van der Waals surface area contributed by atoms with Crippen LogP contribution in [0.25, 0.3) is 0 Å². The molecule has 0 spiro atoms. The van der Waals surface area contributed by atoms with Gasteiger partial charge < -0.3 is 10.5 Å². The first-order chi connectivity index (χ1) is 8.09. The van der Waals surface area contributed by atoms with Crippen LogP contribution in [0.5, 0.6) is 0 Å². The Labute approximate surface area is 104 Å². The molecule has 4 nitrogen and oxygen atoms in total. The molecule has 3 unspecified atom stereocenters. The summed E-state index contributed by atoms with van der Waals surface area (Å²) in [7, 11) is 0. The summed E-state index contributed by atoms with van der Waals surface area (Å²) in [5, 5.41) is 9.32. The van der Waals surface area contributed by atoms with Gasteiger partial charge in [0.25, 0.3) is 0 Å². The van der Waals surface area contributed by atoms with Crippen molar-refractivity contribution in [2.75, 3.05) is 19.7 Å². The summed E-state index contributed by atoms with van der Waals surface area (Å²) in [5.41, 5.74) is 5.60. The normalized spacial score (nSPS) is 34.0. The Balaban J connectivity index is 2.01. The van der Waals surface area contributed by atoms with Crippen LogP contribution in [0, 0.1) is 17.2 Å². The SMILES string of the molecule is CCC1COC(C)CN1CC(N)(C#N)C1CC1. The average Bonchev–Trinajstić information content (AvgIpc) is 3.13. The molecule has 0 bridgehead atoms. The molecule has 96 valence electrons. The van der Waals surface area contributed by atoms with Crippen LogP contribution in [0.15, 0.2) is 0 Å². The zero-order valence-electron chi connectivity index (χ0n) is 10.9. The van der Waals surface area contributed by atoms with E-state index in [2.05, 4.69) is 24.8 Å². The second-order valence-electron chi connectivity index (χ2n) is 5.56. The standard InChI is InChI=1S/C13H23N3O/c1-3-12-7-17-10(2)6-16(12)9-13(15,8-14)11-4-5-11/h10-12H,3-7,9,15H2,1-2H3. The summed E-state index contributed by atoms with van der Waals surface area (Å²) in [6, 6.07) is 2.76. The molecule has 2 fully saturated rings. The number of hydrogen-bond donors (Lipinski definition) is 1. The van der Waals surface area contributed by atoms with Crippen molar-refractivity contribution in [1.29, 1.82) is 5.26 Å². The topological polar surface area (TPSA) is 62.3 Å². The Morgan fingerprint density at radius 2 is 2.24 bits per heavy atom. The number of ether oxygens (including phenoxy) is 1. The van der Waals surface area contributed by atoms with Crippen molar-refractivity contribution in [3.8, 4) is 6.07 Å². The summed E-state index contributed by atoms with van der Waals surface area (Å²) in [4.78, 5) is 2.36. The van der Waals surface area contributed by atoms with Crippen LogP contribution < -0.4 is 5.73 Å². The van der Waals surface area contributed by atoms with Gasteiger partial charge in [-0.25, -0.2) is 0 Å². The summed E-state index contributed by atoms with van der Waals surface area (Å²) in [5.74, 6) is 0.406. The van der Waals surface area contributed by atoms with Gasteiger partial charge in [0.1, 0.15) is 5.54 Å². The highest BCUT2D eigenvalue weighted by atomic mass is 16.5. The third-order valence-corrected chi connectivity index (χ3v) is 4.03. The molecule has 0 aromatic heterocycles. The Kier molecular flexibility index (Phi) is 3.72. The van der Waals surface area contributed by atoms with Crippen LogP contribution in [-0.4, -0.2) is 42.3 Å². The van der Waals surface area contributed by atoms with Crippen molar-refractivity contribution in [2.45, 2.75) is 50.8 Å². The number of nitrogens with zero attached hydrogens (tertiary/aromatic N) is 2. The van der Waals surface area contributed by atoms with Gasteiger partial charge in [-0.2, -0.15) is 5.26 Å². The molecule has 1 saturated carbocycles. The Morgan fingerprint density at radius 3 is 2.76 bits per heavy atom. The van der Waals surface area contributed by atoms with Crippen molar-refractivity contribution in [2.24, 2.45) is 11.7 Å². The van der Waals surface area contributed by atoms with E-state index in [0.29, 0.717) is 18.5 Å². The van der Waals surface area contributed by atoms with Gasteiger partial charge in [0, 0.05) is 19.1 Å². The predicted molar refractivity (Wildman–Crippen MR) is 66.3 cm³/mol. The lowest BCUT2D eigenvalue weighted by atomic mass is 9.94. The zero-order chi connectivity index (χ0) is 12.5. The molecule has 1 aliphatic carbocycles. The Bertz CT molecular complexity index is 310.